The zero-order valence-corrected chi connectivity index (χ0v) is 15.2. The molecule has 26 heavy (non-hydrogen) atoms. The average Bonchev–Trinajstić information content (AvgIpc) is 2.70. The van der Waals surface area contributed by atoms with Crippen LogP contribution in [0.3, 0.4) is 0 Å². The summed E-state index contributed by atoms with van der Waals surface area (Å²) in [4.78, 5) is 0. The number of pyridine rings is 1. The molecule has 126 valence electrons. The van der Waals surface area contributed by atoms with E-state index < -0.39 is 0 Å². The smallest absolute Gasteiger partial charge is 0.200 e. The second kappa shape index (κ2) is 6.97. The van der Waals surface area contributed by atoms with Gasteiger partial charge in [0.05, 0.1) is 5.56 Å². The molecule has 0 saturated carbocycles. The van der Waals surface area contributed by atoms with Gasteiger partial charge in [-0.1, -0.05) is 78.9 Å². The van der Waals surface area contributed by atoms with Crippen molar-refractivity contribution in [2.24, 2.45) is 7.05 Å². The third-order valence-corrected chi connectivity index (χ3v) is 4.86. The highest BCUT2D eigenvalue weighted by Gasteiger charge is 2.19. The zero-order chi connectivity index (χ0) is 17.9. The fraction of sp³-hybridized carbons (Fsp3) is 0.0800. The second-order valence-corrected chi connectivity index (χ2v) is 6.64. The molecule has 0 fully saturated rings. The summed E-state index contributed by atoms with van der Waals surface area (Å²) >= 11 is 0. The number of nitrogens with zero attached hydrogens (tertiary/aromatic N) is 1. The van der Waals surface area contributed by atoms with E-state index in [9.17, 15) is 0 Å². The lowest BCUT2D eigenvalue weighted by molar-refractivity contribution is -0.659. The Morgan fingerprint density at radius 3 is 1.73 bits per heavy atom. The molecule has 4 aromatic rings. The summed E-state index contributed by atoms with van der Waals surface area (Å²) in [7, 11) is 2.13. The number of benzene rings is 3. The van der Waals surface area contributed by atoms with E-state index in [4.69, 9.17) is 0 Å². The summed E-state index contributed by atoms with van der Waals surface area (Å²) in [6.07, 6.45) is 2.25. The van der Waals surface area contributed by atoms with Crippen LogP contribution in [0.2, 0.25) is 0 Å². The number of hydrogen-bond donors (Lipinski definition) is 0. The van der Waals surface area contributed by atoms with Gasteiger partial charge in [-0.3, -0.25) is 0 Å². The van der Waals surface area contributed by atoms with Gasteiger partial charge in [0, 0.05) is 17.2 Å². The Balaban J connectivity index is 2.00. The Bertz CT molecular complexity index is 1030. The molecule has 0 bridgehead atoms. The first-order chi connectivity index (χ1) is 12.7. The fourth-order valence-corrected chi connectivity index (χ4v) is 3.48. The van der Waals surface area contributed by atoms with E-state index in [1.807, 2.05) is 0 Å². The van der Waals surface area contributed by atoms with Gasteiger partial charge in [-0.2, -0.15) is 0 Å². The average molecular weight is 336 g/mol. The molecule has 0 unspecified atom stereocenters. The topological polar surface area (TPSA) is 3.88 Å². The van der Waals surface area contributed by atoms with Crippen molar-refractivity contribution < 1.29 is 4.57 Å². The van der Waals surface area contributed by atoms with Gasteiger partial charge in [-0.15, -0.1) is 0 Å². The largest absolute Gasteiger partial charge is 0.213 e. The van der Waals surface area contributed by atoms with Crippen molar-refractivity contribution in [1.82, 2.24) is 0 Å². The standard InChI is InChI=1S/C25H22N/c1-19-11-9-10-16-22(19)25-17-23(20-12-5-3-6-13-20)24(18-26(25)2)21-14-7-4-8-15-21/h3-18H,1-2H3/q+1. The Kier molecular flexibility index (Phi) is 4.37. The minimum absolute atomic E-state index is 1.22. The van der Waals surface area contributed by atoms with Crippen LogP contribution >= 0.6 is 0 Å². The van der Waals surface area contributed by atoms with E-state index in [0.717, 1.165) is 0 Å². The van der Waals surface area contributed by atoms with Crippen LogP contribution in [0.4, 0.5) is 0 Å². The molecule has 1 aromatic heterocycles. The van der Waals surface area contributed by atoms with E-state index in [2.05, 4.69) is 116 Å². The van der Waals surface area contributed by atoms with Gasteiger partial charge in [-0.25, -0.2) is 4.57 Å². The molecule has 0 aliphatic carbocycles. The molecule has 0 atom stereocenters. The van der Waals surface area contributed by atoms with Crippen LogP contribution in [-0.4, -0.2) is 0 Å². The van der Waals surface area contributed by atoms with Crippen LogP contribution in [0, 0.1) is 6.92 Å². The van der Waals surface area contributed by atoms with Gasteiger partial charge < -0.3 is 0 Å². The van der Waals surface area contributed by atoms with Crippen molar-refractivity contribution in [2.45, 2.75) is 6.92 Å². The van der Waals surface area contributed by atoms with E-state index in [1.165, 1.54) is 39.1 Å². The van der Waals surface area contributed by atoms with Crippen LogP contribution in [0.25, 0.3) is 33.5 Å². The molecule has 1 heteroatoms. The molecule has 0 saturated heterocycles. The van der Waals surface area contributed by atoms with E-state index >= 15 is 0 Å². The van der Waals surface area contributed by atoms with E-state index in [0.29, 0.717) is 0 Å². The molecule has 1 heterocycles. The molecular formula is C25H22N+. The number of hydrogen-bond acceptors (Lipinski definition) is 0. The summed E-state index contributed by atoms with van der Waals surface area (Å²) in [6.45, 7) is 2.17. The maximum absolute atomic E-state index is 2.32. The van der Waals surface area contributed by atoms with Crippen LogP contribution in [0.1, 0.15) is 5.56 Å². The Hall–Kier alpha value is -3.19. The van der Waals surface area contributed by atoms with Gasteiger partial charge in [0.2, 0.25) is 5.69 Å². The predicted molar refractivity (Wildman–Crippen MR) is 109 cm³/mol. The van der Waals surface area contributed by atoms with Gasteiger partial charge >= 0.3 is 0 Å². The number of rotatable bonds is 3. The van der Waals surface area contributed by atoms with Crippen molar-refractivity contribution in [2.75, 3.05) is 0 Å². The van der Waals surface area contributed by atoms with Crippen molar-refractivity contribution in [1.29, 1.82) is 0 Å². The lowest BCUT2D eigenvalue weighted by atomic mass is 9.93. The van der Waals surface area contributed by atoms with Crippen molar-refractivity contribution in [3.8, 4) is 33.5 Å². The molecule has 0 aliphatic rings. The summed E-state index contributed by atoms with van der Waals surface area (Å²) in [5.41, 5.74) is 8.76. The normalized spacial score (nSPS) is 10.7. The number of aryl methyl sites for hydroxylation is 2. The summed E-state index contributed by atoms with van der Waals surface area (Å²) in [6, 6.07) is 32.1. The molecule has 1 nitrogen and oxygen atoms in total. The first-order valence-electron chi connectivity index (χ1n) is 8.94. The van der Waals surface area contributed by atoms with Gasteiger partial charge in [-0.05, 0) is 29.7 Å². The predicted octanol–water partition coefficient (Wildman–Crippen LogP) is 5.82. The maximum Gasteiger partial charge on any atom is 0.213 e. The highest BCUT2D eigenvalue weighted by Crippen LogP contribution is 2.34. The lowest BCUT2D eigenvalue weighted by Gasteiger charge is -2.12. The molecule has 0 spiro atoms. The molecular weight excluding hydrogens is 314 g/mol. The molecule has 0 amide bonds. The van der Waals surface area contributed by atoms with Crippen LogP contribution in [-0.2, 0) is 7.05 Å². The third kappa shape index (κ3) is 3.04. The Labute approximate surface area is 155 Å². The van der Waals surface area contributed by atoms with Gasteiger partial charge in [0.25, 0.3) is 0 Å². The summed E-state index contributed by atoms with van der Waals surface area (Å²) in [5, 5.41) is 0. The lowest BCUT2D eigenvalue weighted by Crippen LogP contribution is -2.31. The zero-order valence-electron chi connectivity index (χ0n) is 15.2. The van der Waals surface area contributed by atoms with E-state index in [-0.39, 0.29) is 0 Å². The summed E-state index contributed by atoms with van der Waals surface area (Å²) in [5.74, 6) is 0. The minimum atomic E-state index is 1.22. The highest BCUT2D eigenvalue weighted by atomic mass is 14.9. The molecule has 0 aliphatic heterocycles. The molecule has 0 radical (unpaired) electrons. The van der Waals surface area contributed by atoms with Crippen LogP contribution in [0.5, 0.6) is 0 Å². The van der Waals surface area contributed by atoms with Crippen molar-refractivity contribution >= 4 is 0 Å². The maximum atomic E-state index is 2.32. The second-order valence-electron chi connectivity index (χ2n) is 6.64. The minimum Gasteiger partial charge on any atom is -0.200 e. The molecule has 0 N–H and O–H groups in total. The van der Waals surface area contributed by atoms with Crippen LogP contribution < -0.4 is 4.57 Å². The third-order valence-electron chi connectivity index (χ3n) is 4.86. The molecule has 3 aromatic carbocycles. The Morgan fingerprint density at radius 2 is 1.12 bits per heavy atom. The van der Waals surface area contributed by atoms with Gasteiger partial charge in [0.1, 0.15) is 7.05 Å². The fourth-order valence-electron chi connectivity index (χ4n) is 3.48. The molecule has 4 rings (SSSR count). The van der Waals surface area contributed by atoms with Gasteiger partial charge in [0.15, 0.2) is 6.20 Å². The van der Waals surface area contributed by atoms with Crippen LogP contribution in [0.15, 0.2) is 97.2 Å². The van der Waals surface area contributed by atoms with E-state index in [1.54, 1.807) is 0 Å². The quantitative estimate of drug-likeness (QED) is 0.415. The SMILES string of the molecule is Cc1ccccc1-c1cc(-c2ccccc2)c(-c2ccccc2)c[n+]1C. The first-order valence-corrected chi connectivity index (χ1v) is 8.94. The summed E-state index contributed by atoms with van der Waals surface area (Å²) < 4.78 is 2.23. The Morgan fingerprint density at radius 1 is 0.577 bits per heavy atom. The van der Waals surface area contributed by atoms with Crippen molar-refractivity contribution in [3.05, 3.63) is 103 Å². The monoisotopic (exact) mass is 336 g/mol. The number of aromatic nitrogens is 1. The first kappa shape index (κ1) is 16.3. The van der Waals surface area contributed by atoms with Crippen molar-refractivity contribution in [3.63, 3.8) is 0 Å². The highest BCUT2D eigenvalue weighted by molar-refractivity contribution is 5.84.